The summed E-state index contributed by atoms with van der Waals surface area (Å²) in [6.45, 7) is 2.01. The summed E-state index contributed by atoms with van der Waals surface area (Å²) in [6.07, 6.45) is 7.82. The third kappa shape index (κ3) is 4.69. The standard InChI is InChI=1S/C52H37N5/c1-2-13-40-41-19-11-33-55-51(41)57(50(40)53)39-28-24-35(25-29-39)34-22-26-38(27-23-34)56-45-21-10-9-18-42(45)48-46(56)31-30-44-47(48)43-20-12-32-54-49(43)52(44,36-14-5-3-6-15-36)37-16-7-4-8-17-37/h2-33H,53H2,1H3/b13-2-. The van der Waals surface area contributed by atoms with E-state index in [0.29, 0.717) is 5.82 Å². The van der Waals surface area contributed by atoms with Crippen molar-refractivity contribution in [2.75, 3.05) is 5.73 Å². The fourth-order valence-electron chi connectivity index (χ4n) is 9.46. The normalized spacial score (nSPS) is 13.1. The Hall–Kier alpha value is -7.50. The number of hydrogen-bond acceptors (Lipinski definition) is 3. The molecule has 1 aliphatic carbocycles. The largest absolute Gasteiger partial charge is 0.384 e. The highest BCUT2D eigenvalue weighted by molar-refractivity contribution is 6.18. The molecule has 57 heavy (non-hydrogen) atoms. The molecule has 4 aromatic heterocycles. The number of nitrogen functional groups attached to an aromatic ring is 1. The summed E-state index contributed by atoms with van der Waals surface area (Å²) in [5.74, 6) is 0.682. The van der Waals surface area contributed by atoms with Crippen LogP contribution in [0.1, 0.15) is 34.9 Å². The van der Waals surface area contributed by atoms with Gasteiger partial charge in [0, 0.05) is 51.1 Å². The van der Waals surface area contributed by atoms with Crippen molar-refractivity contribution in [2.24, 2.45) is 0 Å². The van der Waals surface area contributed by atoms with E-state index in [1.807, 2.05) is 36.0 Å². The minimum Gasteiger partial charge on any atom is -0.384 e. The van der Waals surface area contributed by atoms with Gasteiger partial charge in [-0.3, -0.25) is 9.55 Å². The summed E-state index contributed by atoms with van der Waals surface area (Å²) in [6, 6.07) is 61.1. The van der Waals surface area contributed by atoms with E-state index < -0.39 is 5.41 Å². The molecule has 0 saturated heterocycles. The molecule has 270 valence electrons. The Morgan fingerprint density at radius 2 is 1.14 bits per heavy atom. The van der Waals surface area contributed by atoms with Crippen LogP contribution in [0.4, 0.5) is 5.82 Å². The second kappa shape index (κ2) is 12.8. The lowest BCUT2D eigenvalue weighted by Gasteiger charge is -2.32. The van der Waals surface area contributed by atoms with Crippen molar-refractivity contribution in [2.45, 2.75) is 12.3 Å². The number of nitrogens with zero attached hydrogens (tertiary/aromatic N) is 4. The Kier molecular flexibility index (Phi) is 7.38. The van der Waals surface area contributed by atoms with Crippen LogP contribution < -0.4 is 5.73 Å². The van der Waals surface area contributed by atoms with Crippen molar-refractivity contribution in [3.05, 3.63) is 216 Å². The summed E-state index contributed by atoms with van der Waals surface area (Å²) in [5, 5.41) is 3.50. The Labute approximate surface area is 330 Å². The molecule has 4 heterocycles. The Balaban J connectivity index is 1.05. The first kappa shape index (κ1) is 32.9. The van der Waals surface area contributed by atoms with Gasteiger partial charge in [-0.2, -0.15) is 0 Å². The molecular formula is C52H37N5. The monoisotopic (exact) mass is 731 g/mol. The van der Waals surface area contributed by atoms with Crippen LogP contribution in [-0.4, -0.2) is 19.1 Å². The first-order chi connectivity index (χ1) is 28.2. The number of hydrogen-bond donors (Lipinski definition) is 1. The fraction of sp³-hybridized carbons (Fsp3) is 0.0385. The first-order valence-corrected chi connectivity index (χ1v) is 19.4. The van der Waals surface area contributed by atoms with E-state index in [1.165, 1.54) is 49.6 Å². The van der Waals surface area contributed by atoms with Crippen molar-refractivity contribution < 1.29 is 0 Å². The van der Waals surface area contributed by atoms with Gasteiger partial charge in [-0.1, -0.05) is 127 Å². The quantitative estimate of drug-likeness (QED) is 0.185. The van der Waals surface area contributed by atoms with Crippen LogP contribution in [-0.2, 0) is 5.41 Å². The molecule has 0 amide bonds. The van der Waals surface area contributed by atoms with E-state index in [2.05, 4.69) is 179 Å². The molecule has 10 aromatic rings. The predicted molar refractivity (Wildman–Crippen MR) is 235 cm³/mol. The van der Waals surface area contributed by atoms with Gasteiger partial charge in [-0.05, 0) is 94.9 Å². The number of aromatic nitrogens is 4. The molecule has 0 spiro atoms. The van der Waals surface area contributed by atoms with Gasteiger partial charge in [-0.15, -0.1) is 0 Å². The third-order valence-electron chi connectivity index (χ3n) is 11.8. The average Bonchev–Trinajstić information content (AvgIpc) is 3.88. The highest BCUT2D eigenvalue weighted by atomic mass is 15.1. The molecule has 2 N–H and O–H groups in total. The molecule has 6 aromatic carbocycles. The second-order valence-electron chi connectivity index (χ2n) is 14.7. The Morgan fingerprint density at radius 1 is 0.544 bits per heavy atom. The number of benzene rings is 6. The topological polar surface area (TPSA) is 61.7 Å². The first-order valence-electron chi connectivity index (χ1n) is 19.4. The molecule has 0 aliphatic heterocycles. The molecule has 11 rings (SSSR count). The number of pyridine rings is 2. The van der Waals surface area contributed by atoms with Crippen LogP contribution >= 0.6 is 0 Å². The van der Waals surface area contributed by atoms with E-state index in [1.54, 1.807) is 0 Å². The van der Waals surface area contributed by atoms with Crippen molar-refractivity contribution in [1.29, 1.82) is 0 Å². The summed E-state index contributed by atoms with van der Waals surface area (Å²) in [5.41, 5.74) is 21.9. The highest BCUT2D eigenvalue weighted by Gasteiger charge is 2.48. The molecule has 0 unspecified atom stereocenters. The SMILES string of the molecule is C/C=C\c1c(N)n(-c2ccc(-c3ccc(-n4c5ccccc5c5c6c(ccc54)C(c4ccccc4)(c4ccccc4)c4ncccc4-6)cc3)cc2)c2ncccc12. The number of allylic oxidation sites excluding steroid dienone is 1. The maximum absolute atomic E-state index is 6.71. The number of rotatable bonds is 6. The van der Waals surface area contributed by atoms with Gasteiger partial charge in [0.1, 0.15) is 11.5 Å². The van der Waals surface area contributed by atoms with Crippen LogP contribution in [0.5, 0.6) is 0 Å². The minimum absolute atomic E-state index is 0.561. The van der Waals surface area contributed by atoms with Crippen molar-refractivity contribution in [3.8, 4) is 33.6 Å². The lowest BCUT2D eigenvalue weighted by atomic mass is 9.69. The van der Waals surface area contributed by atoms with E-state index >= 15 is 0 Å². The molecule has 1 aliphatic rings. The zero-order valence-electron chi connectivity index (χ0n) is 31.3. The van der Waals surface area contributed by atoms with Gasteiger partial charge in [0.2, 0.25) is 0 Å². The molecule has 0 atom stereocenters. The smallest absolute Gasteiger partial charge is 0.146 e. The number of fused-ring (bicyclic) bond motifs is 8. The number of nitrogens with two attached hydrogens (primary N) is 1. The van der Waals surface area contributed by atoms with Gasteiger partial charge < -0.3 is 10.3 Å². The summed E-state index contributed by atoms with van der Waals surface area (Å²) >= 11 is 0. The van der Waals surface area contributed by atoms with Gasteiger partial charge in [0.05, 0.1) is 22.1 Å². The van der Waals surface area contributed by atoms with Crippen molar-refractivity contribution in [1.82, 2.24) is 19.1 Å². The number of para-hydroxylation sites is 1. The zero-order valence-corrected chi connectivity index (χ0v) is 31.3. The van der Waals surface area contributed by atoms with Gasteiger partial charge in [-0.25, -0.2) is 4.98 Å². The Bertz CT molecular complexity index is 3130. The highest BCUT2D eigenvalue weighted by Crippen LogP contribution is 2.58. The molecule has 0 fully saturated rings. The van der Waals surface area contributed by atoms with Crippen LogP contribution in [0.3, 0.4) is 0 Å². The molecule has 0 saturated carbocycles. The van der Waals surface area contributed by atoms with Crippen LogP contribution in [0.15, 0.2) is 188 Å². The van der Waals surface area contributed by atoms with E-state index in [0.717, 1.165) is 44.8 Å². The molecular weight excluding hydrogens is 695 g/mol. The van der Waals surface area contributed by atoms with Crippen LogP contribution in [0.2, 0.25) is 0 Å². The molecule has 0 bridgehead atoms. The second-order valence-corrected chi connectivity index (χ2v) is 14.7. The lowest BCUT2D eigenvalue weighted by molar-refractivity contribution is 0.738. The van der Waals surface area contributed by atoms with Gasteiger partial charge >= 0.3 is 0 Å². The van der Waals surface area contributed by atoms with Crippen LogP contribution in [0.25, 0.3) is 72.5 Å². The van der Waals surface area contributed by atoms with E-state index in [-0.39, 0.29) is 0 Å². The molecule has 5 heteroatoms. The third-order valence-corrected chi connectivity index (χ3v) is 11.8. The average molecular weight is 732 g/mol. The number of anilines is 1. The van der Waals surface area contributed by atoms with Gasteiger partial charge in [0.15, 0.2) is 0 Å². The maximum Gasteiger partial charge on any atom is 0.146 e. The zero-order chi connectivity index (χ0) is 38.1. The van der Waals surface area contributed by atoms with Gasteiger partial charge in [0.25, 0.3) is 0 Å². The maximum atomic E-state index is 6.71. The van der Waals surface area contributed by atoms with Crippen molar-refractivity contribution in [3.63, 3.8) is 0 Å². The van der Waals surface area contributed by atoms with Crippen LogP contribution in [0, 0.1) is 0 Å². The van der Waals surface area contributed by atoms with Crippen molar-refractivity contribution >= 4 is 44.7 Å². The summed E-state index contributed by atoms with van der Waals surface area (Å²) in [7, 11) is 0. The van der Waals surface area contributed by atoms with E-state index in [4.69, 9.17) is 10.7 Å². The predicted octanol–water partition coefficient (Wildman–Crippen LogP) is 12.2. The summed E-state index contributed by atoms with van der Waals surface area (Å²) in [4.78, 5) is 9.89. The lowest BCUT2D eigenvalue weighted by Crippen LogP contribution is -2.29. The Morgan fingerprint density at radius 3 is 1.82 bits per heavy atom. The fourth-order valence-corrected chi connectivity index (χ4v) is 9.46. The summed E-state index contributed by atoms with van der Waals surface area (Å²) < 4.78 is 4.45. The minimum atomic E-state index is -0.561. The van der Waals surface area contributed by atoms with E-state index in [9.17, 15) is 0 Å². The molecule has 0 radical (unpaired) electrons. The molecule has 5 nitrogen and oxygen atoms in total.